The van der Waals surface area contributed by atoms with Gasteiger partial charge in [-0.2, -0.15) is 0 Å². The molecule has 0 aliphatic carbocycles. The number of nitrogens with zero attached hydrogens (tertiary/aromatic N) is 2. The summed E-state index contributed by atoms with van der Waals surface area (Å²) in [5, 5.41) is 0. The van der Waals surface area contributed by atoms with Crippen LogP contribution in [-0.2, 0) is 20.7 Å². The normalized spacial score (nSPS) is 18.1. The molecule has 3 amide bonds. The molecule has 32 heavy (non-hydrogen) atoms. The number of fused-ring (bicyclic) bond motifs is 2. The summed E-state index contributed by atoms with van der Waals surface area (Å²) >= 11 is 0. The molecule has 0 saturated carbocycles. The molecule has 0 saturated heterocycles. The highest BCUT2D eigenvalue weighted by Gasteiger charge is 2.43. The van der Waals surface area contributed by atoms with Gasteiger partial charge >= 0.3 is 5.97 Å². The number of benzene rings is 2. The number of anilines is 1. The first kappa shape index (κ1) is 21.7. The van der Waals surface area contributed by atoms with Gasteiger partial charge in [0.2, 0.25) is 0 Å². The van der Waals surface area contributed by atoms with Crippen molar-refractivity contribution in [1.82, 2.24) is 4.90 Å². The molecule has 0 bridgehead atoms. The van der Waals surface area contributed by atoms with Gasteiger partial charge in [-0.25, -0.2) is 4.79 Å². The van der Waals surface area contributed by atoms with Crippen LogP contribution >= 0.6 is 0 Å². The lowest BCUT2D eigenvalue weighted by atomic mass is 10.0. The van der Waals surface area contributed by atoms with Crippen molar-refractivity contribution in [2.45, 2.75) is 45.7 Å². The lowest BCUT2D eigenvalue weighted by molar-refractivity contribution is -0.152. The van der Waals surface area contributed by atoms with E-state index < -0.39 is 30.4 Å². The van der Waals surface area contributed by atoms with Crippen molar-refractivity contribution in [2.75, 3.05) is 11.5 Å². The van der Waals surface area contributed by atoms with Crippen molar-refractivity contribution >= 4 is 29.4 Å². The van der Waals surface area contributed by atoms with Crippen LogP contribution in [0, 0.1) is 5.92 Å². The van der Waals surface area contributed by atoms with Gasteiger partial charge in [0.25, 0.3) is 17.7 Å². The summed E-state index contributed by atoms with van der Waals surface area (Å²) in [5.41, 5.74) is 2.44. The van der Waals surface area contributed by atoms with Crippen LogP contribution in [0.1, 0.15) is 53.5 Å². The summed E-state index contributed by atoms with van der Waals surface area (Å²) in [5.74, 6) is -2.08. The maximum Gasteiger partial charge on any atom is 0.329 e. The summed E-state index contributed by atoms with van der Waals surface area (Å²) in [7, 11) is 0. The number of imide groups is 1. The number of ether oxygens (including phenoxy) is 1. The molecule has 2 unspecified atom stereocenters. The van der Waals surface area contributed by atoms with Gasteiger partial charge in [-0.1, -0.05) is 44.2 Å². The van der Waals surface area contributed by atoms with E-state index in [2.05, 4.69) is 0 Å². The van der Waals surface area contributed by atoms with E-state index in [1.807, 2.05) is 45.0 Å². The van der Waals surface area contributed by atoms with E-state index in [1.165, 1.54) is 0 Å². The Balaban J connectivity index is 1.50. The highest BCUT2D eigenvalue weighted by atomic mass is 16.5. The van der Waals surface area contributed by atoms with Gasteiger partial charge in [0.05, 0.1) is 11.1 Å². The molecular weight excluding hydrogens is 408 g/mol. The second-order valence-corrected chi connectivity index (χ2v) is 8.72. The topological polar surface area (TPSA) is 84.0 Å². The molecule has 2 atom stereocenters. The zero-order valence-corrected chi connectivity index (χ0v) is 18.4. The minimum absolute atomic E-state index is 0.0260. The number of esters is 1. The molecule has 2 aromatic rings. The Bertz CT molecular complexity index is 1060. The summed E-state index contributed by atoms with van der Waals surface area (Å²) in [4.78, 5) is 54.3. The zero-order chi connectivity index (χ0) is 23.0. The Hall–Kier alpha value is -3.48. The van der Waals surface area contributed by atoms with Crippen LogP contribution in [-0.4, -0.2) is 47.3 Å². The third-order valence-electron chi connectivity index (χ3n) is 5.92. The molecule has 0 radical (unpaired) electrons. The third kappa shape index (κ3) is 3.79. The first-order chi connectivity index (χ1) is 15.3. The number of hydrogen-bond donors (Lipinski definition) is 0. The SMILES string of the molecule is CC(C)CC(C(=O)OCC(=O)N1c2ccccc2CC1C)N1C(=O)c2ccccc2C1=O. The van der Waals surface area contributed by atoms with Crippen LogP contribution in [0.4, 0.5) is 5.69 Å². The van der Waals surface area contributed by atoms with Crippen molar-refractivity contribution in [1.29, 1.82) is 0 Å². The Kier molecular flexibility index (Phi) is 5.82. The quantitative estimate of drug-likeness (QED) is 0.515. The predicted octanol–water partition coefficient (Wildman–Crippen LogP) is 3.22. The molecule has 7 nitrogen and oxygen atoms in total. The molecule has 7 heteroatoms. The van der Waals surface area contributed by atoms with E-state index in [-0.39, 0.29) is 35.4 Å². The van der Waals surface area contributed by atoms with E-state index >= 15 is 0 Å². The van der Waals surface area contributed by atoms with Crippen LogP contribution < -0.4 is 4.90 Å². The van der Waals surface area contributed by atoms with Crippen molar-refractivity contribution in [3.05, 3.63) is 65.2 Å². The van der Waals surface area contributed by atoms with Crippen LogP contribution in [0.5, 0.6) is 0 Å². The molecule has 0 N–H and O–H groups in total. The van der Waals surface area contributed by atoms with E-state index in [1.54, 1.807) is 29.2 Å². The van der Waals surface area contributed by atoms with Gasteiger partial charge in [0.1, 0.15) is 6.04 Å². The number of carbonyl (C=O) groups excluding carboxylic acids is 4. The zero-order valence-electron chi connectivity index (χ0n) is 18.4. The predicted molar refractivity (Wildman–Crippen MR) is 118 cm³/mol. The Labute approximate surface area is 187 Å². The van der Waals surface area contributed by atoms with Crippen molar-refractivity contribution < 1.29 is 23.9 Å². The number of amides is 3. The summed E-state index contributed by atoms with van der Waals surface area (Å²) in [6.45, 7) is 5.29. The van der Waals surface area contributed by atoms with Crippen molar-refractivity contribution in [2.24, 2.45) is 5.92 Å². The van der Waals surface area contributed by atoms with E-state index in [0.717, 1.165) is 22.6 Å². The standard InChI is InChI=1S/C25H26N2O5/c1-15(2)12-21(27-23(29)18-9-5-6-10-19(18)24(27)30)25(31)32-14-22(28)26-16(3)13-17-8-4-7-11-20(17)26/h4-11,15-16,21H,12-14H2,1-3H3. The molecular formula is C25H26N2O5. The Morgan fingerprint density at radius 1 is 1.00 bits per heavy atom. The molecule has 4 rings (SSSR count). The molecule has 2 heterocycles. The fourth-order valence-corrected chi connectivity index (χ4v) is 4.49. The largest absolute Gasteiger partial charge is 0.454 e. The highest BCUT2D eigenvalue weighted by molar-refractivity contribution is 6.22. The minimum Gasteiger partial charge on any atom is -0.454 e. The van der Waals surface area contributed by atoms with Crippen molar-refractivity contribution in [3.63, 3.8) is 0 Å². The molecule has 0 fully saturated rings. The van der Waals surface area contributed by atoms with Crippen LogP contribution in [0.15, 0.2) is 48.5 Å². The lowest BCUT2D eigenvalue weighted by Gasteiger charge is -2.27. The molecule has 2 aliphatic rings. The Morgan fingerprint density at radius 3 is 2.22 bits per heavy atom. The van der Waals surface area contributed by atoms with Gasteiger partial charge in [0.15, 0.2) is 6.61 Å². The van der Waals surface area contributed by atoms with Gasteiger partial charge in [0, 0.05) is 11.7 Å². The summed E-state index contributed by atoms with van der Waals surface area (Å²) in [6.07, 6.45) is 0.988. The van der Waals surface area contributed by atoms with E-state index in [9.17, 15) is 19.2 Å². The second kappa shape index (κ2) is 8.57. The number of para-hydroxylation sites is 1. The fourth-order valence-electron chi connectivity index (χ4n) is 4.49. The monoisotopic (exact) mass is 434 g/mol. The second-order valence-electron chi connectivity index (χ2n) is 8.72. The molecule has 2 aromatic carbocycles. The lowest BCUT2D eigenvalue weighted by Crippen LogP contribution is -2.47. The highest BCUT2D eigenvalue weighted by Crippen LogP contribution is 2.32. The van der Waals surface area contributed by atoms with Gasteiger partial charge < -0.3 is 9.64 Å². The first-order valence-corrected chi connectivity index (χ1v) is 10.8. The number of rotatable bonds is 6. The number of hydrogen-bond acceptors (Lipinski definition) is 5. The van der Waals surface area contributed by atoms with Gasteiger partial charge in [-0.15, -0.1) is 0 Å². The minimum atomic E-state index is -1.08. The smallest absolute Gasteiger partial charge is 0.329 e. The average molecular weight is 434 g/mol. The maximum atomic E-state index is 13.0. The van der Waals surface area contributed by atoms with Crippen LogP contribution in [0.2, 0.25) is 0 Å². The molecule has 166 valence electrons. The van der Waals surface area contributed by atoms with Crippen molar-refractivity contribution in [3.8, 4) is 0 Å². The maximum absolute atomic E-state index is 13.0. The first-order valence-electron chi connectivity index (χ1n) is 10.8. The van der Waals surface area contributed by atoms with Gasteiger partial charge in [-0.3, -0.25) is 19.3 Å². The fraction of sp³-hybridized carbons (Fsp3) is 0.360. The Morgan fingerprint density at radius 2 is 1.59 bits per heavy atom. The van der Waals surface area contributed by atoms with Gasteiger partial charge in [-0.05, 0) is 49.4 Å². The molecule has 0 spiro atoms. The van der Waals surface area contributed by atoms with Crippen LogP contribution in [0.3, 0.4) is 0 Å². The average Bonchev–Trinajstić information content (AvgIpc) is 3.23. The molecule has 2 aliphatic heterocycles. The van der Waals surface area contributed by atoms with Crippen LogP contribution in [0.25, 0.3) is 0 Å². The van der Waals surface area contributed by atoms with E-state index in [4.69, 9.17) is 4.74 Å². The third-order valence-corrected chi connectivity index (χ3v) is 5.92. The summed E-state index contributed by atoms with van der Waals surface area (Å²) < 4.78 is 5.37. The number of carbonyl (C=O) groups is 4. The molecule has 0 aromatic heterocycles. The van der Waals surface area contributed by atoms with E-state index in [0.29, 0.717) is 0 Å². The summed E-state index contributed by atoms with van der Waals surface area (Å²) in [6, 6.07) is 13.0.